The molecule has 5 heteroatoms. The molecule has 2 unspecified atom stereocenters. The predicted octanol–water partition coefficient (Wildman–Crippen LogP) is 2.57. The molecule has 0 spiro atoms. The summed E-state index contributed by atoms with van der Waals surface area (Å²) in [5.74, 6) is 1.17. The summed E-state index contributed by atoms with van der Waals surface area (Å²) in [7, 11) is 0. The topological polar surface area (TPSA) is 62.2 Å². The van der Waals surface area contributed by atoms with E-state index in [1.807, 2.05) is 13.8 Å². The van der Waals surface area contributed by atoms with E-state index in [1.54, 1.807) is 0 Å². The SMILES string of the molecule is Cc1nc(C)c(C(=O)NC23CC4CC(CC(O)(C4)C2)C3)s1. The number of nitrogens with zero attached hydrogens (tertiary/aromatic N) is 1. The monoisotopic (exact) mass is 306 g/mol. The lowest BCUT2D eigenvalue weighted by atomic mass is 9.51. The van der Waals surface area contributed by atoms with Gasteiger partial charge >= 0.3 is 0 Å². The van der Waals surface area contributed by atoms with Crippen molar-refractivity contribution < 1.29 is 9.90 Å². The first kappa shape index (κ1) is 13.7. The number of aryl methyl sites for hydroxylation is 2. The number of nitrogens with one attached hydrogen (secondary N) is 1. The van der Waals surface area contributed by atoms with Crippen LogP contribution in [0, 0.1) is 25.7 Å². The Morgan fingerprint density at radius 3 is 2.48 bits per heavy atom. The third-order valence-corrected chi connectivity index (χ3v) is 6.59. The Bertz CT molecular complexity index is 595. The Hall–Kier alpha value is -0.940. The van der Waals surface area contributed by atoms with E-state index in [1.165, 1.54) is 17.8 Å². The summed E-state index contributed by atoms with van der Waals surface area (Å²) in [6.07, 6.45) is 5.90. The van der Waals surface area contributed by atoms with Gasteiger partial charge in [0.2, 0.25) is 0 Å². The maximum Gasteiger partial charge on any atom is 0.263 e. The van der Waals surface area contributed by atoms with Crippen molar-refractivity contribution >= 4 is 17.2 Å². The molecule has 0 saturated heterocycles. The van der Waals surface area contributed by atoms with Gasteiger partial charge in [-0.15, -0.1) is 11.3 Å². The summed E-state index contributed by atoms with van der Waals surface area (Å²) < 4.78 is 0. The molecule has 1 aromatic rings. The lowest BCUT2D eigenvalue weighted by Crippen LogP contribution is -2.65. The van der Waals surface area contributed by atoms with Crippen LogP contribution in [-0.2, 0) is 0 Å². The Balaban J connectivity index is 1.59. The van der Waals surface area contributed by atoms with Crippen molar-refractivity contribution in [2.24, 2.45) is 11.8 Å². The molecule has 4 fully saturated rings. The van der Waals surface area contributed by atoms with Gasteiger partial charge in [0.25, 0.3) is 5.91 Å². The summed E-state index contributed by atoms with van der Waals surface area (Å²) in [6, 6.07) is 0. The normalized spacial score (nSPS) is 40.5. The predicted molar refractivity (Wildman–Crippen MR) is 81.4 cm³/mol. The fraction of sp³-hybridized carbons (Fsp3) is 0.750. The Kier molecular flexibility index (Phi) is 2.80. The van der Waals surface area contributed by atoms with Crippen molar-refractivity contribution in [2.75, 3.05) is 0 Å². The summed E-state index contributed by atoms with van der Waals surface area (Å²) in [5, 5.41) is 15.0. The van der Waals surface area contributed by atoms with Crippen LogP contribution in [-0.4, -0.2) is 27.1 Å². The molecule has 4 aliphatic carbocycles. The largest absolute Gasteiger partial charge is 0.390 e. The van der Waals surface area contributed by atoms with Gasteiger partial charge in [-0.25, -0.2) is 4.98 Å². The Labute approximate surface area is 129 Å². The van der Waals surface area contributed by atoms with E-state index >= 15 is 0 Å². The van der Waals surface area contributed by atoms with Crippen LogP contribution in [0.5, 0.6) is 0 Å². The van der Waals surface area contributed by atoms with Gasteiger partial charge < -0.3 is 10.4 Å². The molecule has 1 amide bonds. The number of hydrogen-bond donors (Lipinski definition) is 2. The van der Waals surface area contributed by atoms with Crippen LogP contribution in [0.25, 0.3) is 0 Å². The highest BCUT2D eigenvalue weighted by molar-refractivity contribution is 7.13. The lowest BCUT2D eigenvalue weighted by molar-refractivity contribution is -0.139. The first-order valence-electron chi connectivity index (χ1n) is 7.85. The van der Waals surface area contributed by atoms with Crippen LogP contribution in [0.1, 0.15) is 58.9 Å². The van der Waals surface area contributed by atoms with Crippen molar-refractivity contribution in [3.8, 4) is 0 Å². The van der Waals surface area contributed by atoms with Gasteiger partial charge in [-0.2, -0.15) is 0 Å². The van der Waals surface area contributed by atoms with Gasteiger partial charge in [0.05, 0.1) is 16.3 Å². The smallest absolute Gasteiger partial charge is 0.263 e. The molecule has 5 rings (SSSR count). The molecule has 4 bridgehead atoms. The number of aliphatic hydroxyl groups is 1. The van der Waals surface area contributed by atoms with Gasteiger partial charge in [-0.1, -0.05) is 0 Å². The molecule has 21 heavy (non-hydrogen) atoms. The van der Waals surface area contributed by atoms with Gasteiger partial charge in [0.15, 0.2) is 0 Å². The van der Waals surface area contributed by atoms with Crippen LogP contribution in [0.2, 0.25) is 0 Å². The van der Waals surface area contributed by atoms with E-state index in [2.05, 4.69) is 10.3 Å². The molecule has 0 aromatic carbocycles. The van der Waals surface area contributed by atoms with E-state index in [9.17, 15) is 9.90 Å². The van der Waals surface area contributed by atoms with E-state index in [4.69, 9.17) is 0 Å². The average molecular weight is 306 g/mol. The maximum absolute atomic E-state index is 12.6. The second-order valence-electron chi connectivity index (χ2n) is 7.57. The molecule has 1 aromatic heterocycles. The zero-order valence-corrected chi connectivity index (χ0v) is 13.4. The minimum atomic E-state index is -0.532. The number of rotatable bonds is 2. The van der Waals surface area contributed by atoms with Gasteiger partial charge in [0.1, 0.15) is 4.88 Å². The van der Waals surface area contributed by atoms with Crippen molar-refractivity contribution in [3.63, 3.8) is 0 Å². The number of carbonyl (C=O) groups is 1. The fourth-order valence-electron chi connectivity index (χ4n) is 5.40. The van der Waals surface area contributed by atoms with Gasteiger partial charge in [0, 0.05) is 5.54 Å². The average Bonchev–Trinajstić information content (AvgIpc) is 2.64. The highest BCUT2D eigenvalue weighted by Crippen LogP contribution is 2.57. The summed E-state index contributed by atoms with van der Waals surface area (Å²) >= 11 is 1.46. The molecule has 114 valence electrons. The number of hydrogen-bond acceptors (Lipinski definition) is 4. The first-order chi connectivity index (χ1) is 9.86. The van der Waals surface area contributed by atoms with Crippen LogP contribution in [0.4, 0.5) is 0 Å². The summed E-state index contributed by atoms with van der Waals surface area (Å²) in [4.78, 5) is 17.7. The molecule has 2 N–H and O–H groups in total. The van der Waals surface area contributed by atoms with Gasteiger partial charge in [-0.05, 0) is 64.2 Å². The van der Waals surface area contributed by atoms with Crippen molar-refractivity contribution in [3.05, 3.63) is 15.6 Å². The summed E-state index contributed by atoms with van der Waals surface area (Å²) in [5.41, 5.74) is 0.106. The molecular weight excluding hydrogens is 284 g/mol. The standard InChI is InChI=1S/C16H22N2O2S/c1-9-13(21-10(2)17-9)14(19)18-15-4-11-3-12(5-15)7-16(20,6-11)8-15/h11-12,20H,3-8H2,1-2H3,(H,18,19). The third kappa shape index (κ3) is 2.21. The molecule has 4 saturated carbocycles. The molecule has 2 atom stereocenters. The van der Waals surface area contributed by atoms with Crippen LogP contribution in [0.15, 0.2) is 0 Å². The van der Waals surface area contributed by atoms with E-state index in [0.29, 0.717) is 11.8 Å². The lowest BCUT2D eigenvalue weighted by Gasteiger charge is -2.60. The van der Waals surface area contributed by atoms with Crippen LogP contribution < -0.4 is 5.32 Å². The maximum atomic E-state index is 12.6. The number of carbonyl (C=O) groups excluding carboxylic acids is 1. The van der Waals surface area contributed by atoms with E-state index in [0.717, 1.165) is 47.7 Å². The minimum absolute atomic E-state index is 0.00338. The second-order valence-corrected chi connectivity index (χ2v) is 8.77. The number of amides is 1. The van der Waals surface area contributed by atoms with E-state index < -0.39 is 5.60 Å². The van der Waals surface area contributed by atoms with Crippen molar-refractivity contribution in [1.82, 2.24) is 10.3 Å². The van der Waals surface area contributed by atoms with Crippen molar-refractivity contribution in [1.29, 1.82) is 0 Å². The minimum Gasteiger partial charge on any atom is -0.390 e. The summed E-state index contributed by atoms with van der Waals surface area (Å²) in [6.45, 7) is 3.83. The fourth-order valence-corrected chi connectivity index (χ4v) is 6.22. The molecular formula is C16H22N2O2S. The Morgan fingerprint density at radius 1 is 1.29 bits per heavy atom. The zero-order valence-electron chi connectivity index (χ0n) is 12.6. The second kappa shape index (κ2) is 4.29. The number of aromatic nitrogens is 1. The third-order valence-electron chi connectivity index (χ3n) is 5.52. The molecule has 4 aliphatic rings. The zero-order chi connectivity index (χ0) is 14.8. The highest BCUT2D eigenvalue weighted by Gasteiger charge is 2.57. The van der Waals surface area contributed by atoms with Crippen LogP contribution >= 0.6 is 11.3 Å². The molecule has 0 aliphatic heterocycles. The number of thiazole rings is 1. The molecule has 4 nitrogen and oxygen atoms in total. The quantitative estimate of drug-likeness (QED) is 0.883. The van der Waals surface area contributed by atoms with Crippen LogP contribution in [0.3, 0.4) is 0 Å². The van der Waals surface area contributed by atoms with E-state index in [-0.39, 0.29) is 11.4 Å². The van der Waals surface area contributed by atoms with Crippen molar-refractivity contribution in [2.45, 2.75) is 63.5 Å². The highest BCUT2D eigenvalue weighted by atomic mass is 32.1. The first-order valence-corrected chi connectivity index (χ1v) is 8.67. The Morgan fingerprint density at radius 2 is 1.95 bits per heavy atom. The molecule has 1 heterocycles. The van der Waals surface area contributed by atoms with Gasteiger partial charge in [-0.3, -0.25) is 4.79 Å². The molecule has 0 radical (unpaired) electrons.